The molecule has 98 valence electrons. The lowest BCUT2D eigenvalue weighted by molar-refractivity contribution is 0.102. The van der Waals surface area contributed by atoms with Crippen molar-refractivity contribution in [2.45, 2.75) is 6.92 Å². The molecule has 0 spiro atoms. The molecule has 0 saturated carbocycles. The van der Waals surface area contributed by atoms with Gasteiger partial charge in [0.15, 0.2) is 0 Å². The number of nitrogens with one attached hydrogen (secondary N) is 2. The van der Waals surface area contributed by atoms with E-state index in [9.17, 15) is 9.18 Å². The van der Waals surface area contributed by atoms with Gasteiger partial charge in [-0.1, -0.05) is 6.07 Å². The Morgan fingerprint density at radius 1 is 1.16 bits per heavy atom. The summed E-state index contributed by atoms with van der Waals surface area (Å²) in [5.41, 5.74) is 4.64. The fourth-order valence-corrected chi connectivity index (χ4v) is 1.65. The highest BCUT2D eigenvalue weighted by atomic mass is 19.1. The first-order valence-corrected chi connectivity index (χ1v) is 5.74. The van der Waals surface area contributed by atoms with Crippen LogP contribution in [0.1, 0.15) is 15.9 Å². The minimum atomic E-state index is -0.459. The van der Waals surface area contributed by atoms with E-state index in [0.717, 1.165) is 5.56 Å². The number of carbonyl (C=O) groups is 1. The molecule has 0 aromatic heterocycles. The molecule has 2 aromatic carbocycles. The molecule has 0 bridgehead atoms. The Morgan fingerprint density at radius 3 is 2.47 bits per heavy atom. The van der Waals surface area contributed by atoms with Crippen molar-refractivity contribution in [3.8, 4) is 0 Å². The van der Waals surface area contributed by atoms with Gasteiger partial charge in [0.25, 0.3) is 5.91 Å². The van der Waals surface area contributed by atoms with Crippen LogP contribution in [0.15, 0.2) is 42.5 Å². The van der Waals surface area contributed by atoms with E-state index < -0.39 is 5.82 Å². The number of nitrogens with two attached hydrogens (primary N) is 1. The number of nitrogen functional groups attached to an aromatic ring is 1. The van der Waals surface area contributed by atoms with Crippen LogP contribution >= 0.6 is 0 Å². The monoisotopic (exact) mass is 259 g/mol. The lowest BCUT2D eigenvalue weighted by atomic mass is 10.1. The summed E-state index contributed by atoms with van der Waals surface area (Å²) in [6.07, 6.45) is 0. The zero-order valence-corrected chi connectivity index (χ0v) is 10.4. The lowest BCUT2D eigenvalue weighted by Crippen LogP contribution is -2.13. The molecule has 0 aliphatic rings. The second-order valence-corrected chi connectivity index (χ2v) is 4.16. The van der Waals surface area contributed by atoms with Gasteiger partial charge in [-0.25, -0.2) is 4.39 Å². The summed E-state index contributed by atoms with van der Waals surface area (Å²) in [5.74, 6) is 4.41. The Labute approximate surface area is 110 Å². The number of benzene rings is 2. The first kappa shape index (κ1) is 13.0. The predicted molar refractivity (Wildman–Crippen MR) is 73.3 cm³/mol. The molecule has 1 amide bonds. The van der Waals surface area contributed by atoms with Crippen LogP contribution in [0.4, 0.5) is 15.8 Å². The van der Waals surface area contributed by atoms with Crippen LogP contribution in [0.3, 0.4) is 0 Å². The minimum Gasteiger partial charge on any atom is -0.324 e. The molecular formula is C14H14FN3O. The summed E-state index contributed by atoms with van der Waals surface area (Å²) < 4.78 is 13.5. The first-order chi connectivity index (χ1) is 9.10. The van der Waals surface area contributed by atoms with E-state index in [4.69, 9.17) is 5.84 Å². The summed E-state index contributed by atoms with van der Waals surface area (Å²) in [7, 11) is 0. The summed E-state index contributed by atoms with van der Waals surface area (Å²) in [6, 6.07) is 11.1. The standard InChI is InChI=1S/C14H14FN3O/c1-9-2-7-12(15)13(8-9)17-14(19)10-3-5-11(18-16)6-4-10/h2-8,18H,16H2,1H3,(H,17,19). The SMILES string of the molecule is Cc1ccc(F)c(NC(=O)c2ccc(NN)cc2)c1. The van der Waals surface area contributed by atoms with Crippen molar-refractivity contribution in [3.63, 3.8) is 0 Å². The first-order valence-electron chi connectivity index (χ1n) is 5.74. The maximum Gasteiger partial charge on any atom is 0.255 e. The van der Waals surface area contributed by atoms with Crippen LogP contribution in [-0.2, 0) is 0 Å². The molecule has 2 rings (SSSR count). The van der Waals surface area contributed by atoms with Crippen molar-refractivity contribution in [3.05, 3.63) is 59.4 Å². The molecule has 5 heteroatoms. The van der Waals surface area contributed by atoms with Crippen LogP contribution in [0.2, 0.25) is 0 Å². The Kier molecular flexibility index (Phi) is 3.77. The van der Waals surface area contributed by atoms with Gasteiger partial charge in [-0.15, -0.1) is 0 Å². The molecule has 19 heavy (non-hydrogen) atoms. The largest absolute Gasteiger partial charge is 0.324 e. The van der Waals surface area contributed by atoms with Crippen LogP contribution in [-0.4, -0.2) is 5.91 Å². The van der Waals surface area contributed by atoms with Crippen molar-refractivity contribution in [2.75, 3.05) is 10.7 Å². The van der Waals surface area contributed by atoms with Gasteiger partial charge in [0.05, 0.1) is 5.69 Å². The number of anilines is 2. The molecule has 0 aliphatic heterocycles. The summed E-state index contributed by atoms with van der Waals surface area (Å²) in [4.78, 5) is 11.9. The molecule has 4 nitrogen and oxygen atoms in total. The van der Waals surface area contributed by atoms with E-state index in [1.807, 2.05) is 6.92 Å². The van der Waals surface area contributed by atoms with Crippen molar-refractivity contribution in [1.29, 1.82) is 0 Å². The number of hydrogen-bond acceptors (Lipinski definition) is 3. The number of rotatable bonds is 3. The minimum absolute atomic E-state index is 0.172. The summed E-state index contributed by atoms with van der Waals surface area (Å²) >= 11 is 0. The zero-order chi connectivity index (χ0) is 13.8. The molecule has 0 heterocycles. The number of halogens is 1. The van der Waals surface area contributed by atoms with E-state index in [1.54, 1.807) is 36.4 Å². The third-order valence-corrected chi connectivity index (χ3v) is 2.68. The maximum atomic E-state index is 13.5. The highest BCUT2D eigenvalue weighted by molar-refractivity contribution is 6.04. The molecular weight excluding hydrogens is 245 g/mol. The number of amides is 1. The number of carbonyl (C=O) groups excluding carboxylic acids is 1. The highest BCUT2D eigenvalue weighted by Gasteiger charge is 2.09. The van der Waals surface area contributed by atoms with Crippen LogP contribution in [0, 0.1) is 12.7 Å². The van der Waals surface area contributed by atoms with Crippen LogP contribution in [0.5, 0.6) is 0 Å². The molecule has 0 unspecified atom stereocenters. The third kappa shape index (κ3) is 3.08. The molecule has 0 aliphatic carbocycles. The van der Waals surface area contributed by atoms with Gasteiger partial charge in [0.1, 0.15) is 5.82 Å². The Hall–Kier alpha value is -2.40. The molecule has 4 N–H and O–H groups in total. The average molecular weight is 259 g/mol. The summed E-state index contributed by atoms with van der Waals surface area (Å²) in [5, 5.41) is 2.54. The van der Waals surface area contributed by atoms with Crippen LogP contribution in [0.25, 0.3) is 0 Å². The number of aryl methyl sites for hydroxylation is 1. The molecule has 0 saturated heterocycles. The van der Waals surface area contributed by atoms with E-state index in [-0.39, 0.29) is 11.6 Å². The smallest absolute Gasteiger partial charge is 0.255 e. The van der Waals surface area contributed by atoms with Gasteiger partial charge in [0, 0.05) is 11.3 Å². The Bertz CT molecular complexity index is 596. The predicted octanol–water partition coefficient (Wildman–Crippen LogP) is 2.67. The van der Waals surface area contributed by atoms with Gasteiger partial charge in [-0.05, 0) is 48.9 Å². The second kappa shape index (κ2) is 5.49. The van der Waals surface area contributed by atoms with E-state index in [0.29, 0.717) is 11.3 Å². The van der Waals surface area contributed by atoms with E-state index in [1.165, 1.54) is 6.07 Å². The Balaban J connectivity index is 2.18. The zero-order valence-electron chi connectivity index (χ0n) is 10.4. The Morgan fingerprint density at radius 2 is 1.84 bits per heavy atom. The van der Waals surface area contributed by atoms with Gasteiger partial charge in [-0.3, -0.25) is 10.6 Å². The molecule has 0 fully saturated rings. The van der Waals surface area contributed by atoms with Crippen LogP contribution < -0.4 is 16.6 Å². The second-order valence-electron chi connectivity index (χ2n) is 4.16. The van der Waals surface area contributed by atoms with E-state index >= 15 is 0 Å². The lowest BCUT2D eigenvalue weighted by Gasteiger charge is -2.08. The van der Waals surface area contributed by atoms with Crippen molar-refractivity contribution in [2.24, 2.45) is 5.84 Å². The van der Waals surface area contributed by atoms with Gasteiger partial charge >= 0.3 is 0 Å². The third-order valence-electron chi connectivity index (χ3n) is 2.68. The highest BCUT2D eigenvalue weighted by Crippen LogP contribution is 2.17. The molecule has 0 atom stereocenters. The number of hydrogen-bond donors (Lipinski definition) is 3. The average Bonchev–Trinajstić information content (AvgIpc) is 2.43. The maximum absolute atomic E-state index is 13.5. The van der Waals surface area contributed by atoms with Gasteiger partial charge in [0.2, 0.25) is 0 Å². The quantitative estimate of drug-likeness (QED) is 0.586. The number of hydrazine groups is 1. The van der Waals surface area contributed by atoms with Gasteiger partial charge < -0.3 is 10.7 Å². The fourth-order valence-electron chi connectivity index (χ4n) is 1.65. The normalized spacial score (nSPS) is 10.1. The molecule has 2 aromatic rings. The van der Waals surface area contributed by atoms with Crippen molar-refractivity contribution < 1.29 is 9.18 Å². The topological polar surface area (TPSA) is 67.2 Å². The fraction of sp³-hybridized carbons (Fsp3) is 0.0714. The van der Waals surface area contributed by atoms with Gasteiger partial charge in [-0.2, -0.15) is 0 Å². The van der Waals surface area contributed by atoms with Crippen molar-refractivity contribution >= 4 is 17.3 Å². The molecule has 0 radical (unpaired) electrons. The summed E-state index contributed by atoms with van der Waals surface area (Å²) in [6.45, 7) is 1.83. The van der Waals surface area contributed by atoms with E-state index in [2.05, 4.69) is 10.7 Å². The van der Waals surface area contributed by atoms with Crippen molar-refractivity contribution in [1.82, 2.24) is 0 Å².